The fraction of sp³-hybridized carbons (Fsp3) is 0.500. The van der Waals surface area contributed by atoms with Gasteiger partial charge in [-0.3, -0.25) is 4.68 Å². The lowest BCUT2D eigenvalue weighted by Gasteiger charge is -2.07. The smallest absolute Gasteiger partial charge is 0.134 e. The molecule has 0 fully saturated rings. The van der Waals surface area contributed by atoms with Gasteiger partial charge in [-0.15, -0.1) is 0 Å². The first-order chi connectivity index (χ1) is 9.62. The van der Waals surface area contributed by atoms with Crippen molar-refractivity contribution in [3.63, 3.8) is 0 Å². The lowest BCUT2D eigenvalue weighted by atomic mass is 10.2. The molecule has 0 spiro atoms. The summed E-state index contributed by atoms with van der Waals surface area (Å²) in [6.45, 7) is 4.89. The number of aryl methyl sites for hydroxylation is 3. The predicted molar refractivity (Wildman–Crippen MR) is 80.9 cm³/mol. The van der Waals surface area contributed by atoms with Crippen LogP contribution in [0.15, 0.2) is 12.3 Å². The van der Waals surface area contributed by atoms with Gasteiger partial charge in [-0.05, 0) is 12.8 Å². The molecule has 0 aliphatic heterocycles. The van der Waals surface area contributed by atoms with E-state index in [2.05, 4.69) is 34.2 Å². The van der Waals surface area contributed by atoms with Gasteiger partial charge in [0.2, 0.25) is 0 Å². The minimum Gasteiger partial charge on any atom is -0.366 e. The van der Waals surface area contributed by atoms with Crippen molar-refractivity contribution in [1.82, 2.24) is 19.7 Å². The Kier molecular flexibility index (Phi) is 4.95. The maximum atomic E-state index is 6.02. The van der Waals surface area contributed by atoms with Crippen LogP contribution in [0.5, 0.6) is 0 Å². The van der Waals surface area contributed by atoms with E-state index in [0.29, 0.717) is 11.7 Å². The van der Waals surface area contributed by atoms with Gasteiger partial charge < -0.3 is 5.32 Å². The maximum absolute atomic E-state index is 6.02. The minimum absolute atomic E-state index is 0.479. The maximum Gasteiger partial charge on any atom is 0.134 e. The van der Waals surface area contributed by atoms with Crippen molar-refractivity contribution in [2.75, 3.05) is 5.32 Å². The number of hydrogen-bond acceptors (Lipinski definition) is 4. The zero-order valence-electron chi connectivity index (χ0n) is 12.1. The average Bonchev–Trinajstić information content (AvgIpc) is 2.76. The Morgan fingerprint density at radius 3 is 2.80 bits per heavy atom. The molecule has 0 aliphatic rings. The minimum atomic E-state index is 0.479. The van der Waals surface area contributed by atoms with Crippen LogP contribution in [-0.2, 0) is 26.4 Å². The molecule has 0 aliphatic carbocycles. The van der Waals surface area contributed by atoms with E-state index >= 15 is 0 Å². The summed E-state index contributed by atoms with van der Waals surface area (Å²) < 4.78 is 1.84. The molecule has 0 bridgehead atoms. The summed E-state index contributed by atoms with van der Waals surface area (Å²) in [5.41, 5.74) is 2.29. The van der Waals surface area contributed by atoms with Gasteiger partial charge in [-0.25, -0.2) is 9.97 Å². The molecule has 108 valence electrons. The number of halogens is 1. The standard InChI is InChI=1S/C14H20ClN5/c1-4-6-13-17-12(15)7-14(18-13)16-8-10-9-20(3)19-11(10)5-2/h7,9H,4-6,8H2,1-3H3,(H,16,17,18). The molecule has 0 atom stereocenters. The monoisotopic (exact) mass is 293 g/mol. The Hall–Kier alpha value is -1.62. The second-order valence-electron chi connectivity index (χ2n) is 4.72. The fourth-order valence-corrected chi connectivity index (χ4v) is 2.31. The lowest BCUT2D eigenvalue weighted by Crippen LogP contribution is -2.05. The second kappa shape index (κ2) is 6.70. The van der Waals surface area contributed by atoms with Crippen molar-refractivity contribution in [3.8, 4) is 0 Å². The molecule has 0 amide bonds. The van der Waals surface area contributed by atoms with Gasteiger partial charge in [0.05, 0.1) is 5.69 Å². The van der Waals surface area contributed by atoms with Crippen LogP contribution in [-0.4, -0.2) is 19.7 Å². The molecular weight excluding hydrogens is 274 g/mol. The van der Waals surface area contributed by atoms with Crippen LogP contribution in [0.3, 0.4) is 0 Å². The van der Waals surface area contributed by atoms with E-state index in [1.165, 1.54) is 5.56 Å². The summed E-state index contributed by atoms with van der Waals surface area (Å²) in [7, 11) is 1.93. The van der Waals surface area contributed by atoms with E-state index in [9.17, 15) is 0 Å². The van der Waals surface area contributed by atoms with Crippen LogP contribution >= 0.6 is 11.6 Å². The molecule has 20 heavy (non-hydrogen) atoms. The molecule has 1 N–H and O–H groups in total. The van der Waals surface area contributed by atoms with Crippen molar-refractivity contribution >= 4 is 17.4 Å². The molecule has 6 heteroatoms. The van der Waals surface area contributed by atoms with E-state index in [0.717, 1.165) is 36.6 Å². The van der Waals surface area contributed by atoms with Crippen molar-refractivity contribution in [1.29, 1.82) is 0 Å². The molecule has 0 saturated heterocycles. The van der Waals surface area contributed by atoms with E-state index in [1.807, 2.05) is 17.9 Å². The number of aromatic nitrogens is 4. The van der Waals surface area contributed by atoms with Gasteiger partial charge in [0.1, 0.15) is 16.8 Å². The molecular formula is C14H20ClN5. The van der Waals surface area contributed by atoms with E-state index < -0.39 is 0 Å². The zero-order valence-corrected chi connectivity index (χ0v) is 12.9. The quantitative estimate of drug-likeness (QED) is 0.832. The first-order valence-corrected chi connectivity index (χ1v) is 7.28. The Bertz CT molecular complexity index is 579. The van der Waals surface area contributed by atoms with Crippen molar-refractivity contribution in [3.05, 3.63) is 34.5 Å². The van der Waals surface area contributed by atoms with Crippen molar-refractivity contribution in [2.24, 2.45) is 7.05 Å². The fourth-order valence-electron chi connectivity index (χ4n) is 2.11. The highest BCUT2D eigenvalue weighted by Gasteiger charge is 2.07. The largest absolute Gasteiger partial charge is 0.366 e. The van der Waals surface area contributed by atoms with E-state index in [4.69, 9.17) is 11.6 Å². The van der Waals surface area contributed by atoms with Crippen LogP contribution < -0.4 is 5.32 Å². The third kappa shape index (κ3) is 3.70. The number of hydrogen-bond donors (Lipinski definition) is 1. The number of rotatable bonds is 6. The van der Waals surface area contributed by atoms with Gasteiger partial charge >= 0.3 is 0 Å². The molecule has 5 nitrogen and oxygen atoms in total. The predicted octanol–water partition coefficient (Wildman–Crippen LogP) is 2.99. The Morgan fingerprint density at radius 1 is 1.30 bits per heavy atom. The summed E-state index contributed by atoms with van der Waals surface area (Å²) >= 11 is 6.02. The summed E-state index contributed by atoms with van der Waals surface area (Å²) in [6, 6.07) is 1.75. The molecule has 2 heterocycles. The molecule has 0 aromatic carbocycles. The Labute approximate surface area is 124 Å². The first-order valence-electron chi connectivity index (χ1n) is 6.91. The van der Waals surface area contributed by atoms with Gasteiger partial charge in [0.25, 0.3) is 0 Å². The third-order valence-corrected chi connectivity index (χ3v) is 3.20. The van der Waals surface area contributed by atoms with Crippen LogP contribution in [0.4, 0.5) is 5.82 Å². The summed E-state index contributed by atoms with van der Waals surface area (Å²) in [6.07, 6.45) is 4.79. The van der Waals surface area contributed by atoms with E-state index in [1.54, 1.807) is 6.07 Å². The summed E-state index contributed by atoms with van der Waals surface area (Å²) in [5.74, 6) is 1.55. The third-order valence-electron chi connectivity index (χ3n) is 3.00. The molecule has 0 radical (unpaired) electrons. The van der Waals surface area contributed by atoms with Gasteiger partial charge in [-0.1, -0.05) is 25.4 Å². The van der Waals surface area contributed by atoms with Crippen LogP contribution in [0.1, 0.15) is 37.4 Å². The number of anilines is 1. The highest BCUT2D eigenvalue weighted by Crippen LogP contribution is 2.15. The molecule has 2 aromatic heterocycles. The first kappa shape index (κ1) is 14.8. The number of nitrogens with one attached hydrogen (secondary N) is 1. The van der Waals surface area contributed by atoms with Crippen LogP contribution in [0.2, 0.25) is 5.15 Å². The summed E-state index contributed by atoms with van der Waals surface area (Å²) in [5, 5.41) is 8.20. The molecule has 2 rings (SSSR count). The van der Waals surface area contributed by atoms with Crippen LogP contribution in [0, 0.1) is 0 Å². The highest BCUT2D eigenvalue weighted by atomic mass is 35.5. The zero-order chi connectivity index (χ0) is 14.5. The summed E-state index contributed by atoms with van der Waals surface area (Å²) in [4.78, 5) is 8.68. The second-order valence-corrected chi connectivity index (χ2v) is 5.11. The van der Waals surface area contributed by atoms with Gasteiger partial charge in [0.15, 0.2) is 0 Å². The SMILES string of the molecule is CCCc1nc(Cl)cc(NCc2cn(C)nc2CC)n1. The Morgan fingerprint density at radius 2 is 2.10 bits per heavy atom. The van der Waals surface area contributed by atoms with Gasteiger partial charge in [0, 0.05) is 37.8 Å². The van der Waals surface area contributed by atoms with Crippen molar-refractivity contribution < 1.29 is 0 Å². The van der Waals surface area contributed by atoms with Crippen molar-refractivity contribution in [2.45, 2.75) is 39.7 Å². The topological polar surface area (TPSA) is 55.6 Å². The molecule has 2 aromatic rings. The molecule has 0 saturated carbocycles. The highest BCUT2D eigenvalue weighted by molar-refractivity contribution is 6.29. The lowest BCUT2D eigenvalue weighted by molar-refractivity contribution is 0.746. The average molecular weight is 294 g/mol. The van der Waals surface area contributed by atoms with Crippen LogP contribution in [0.25, 0.3) is 0 Å². The Balaban J connectivity index is 2.10. The normalized spacial score (nSPS) is 10.8. The van der Waals surface area contributed by atoms with E-state index in [-0.39, 0.29) is 0 Å². The number of nitrogens with zero attached hydrogens (tertiary/aromatic N) is 4. The molecule has 0 unspecified atom stereocenters. The van der Waals surface area contributed by atoms with Gasteiger partial charge in [-0.2, -0.15) is 5.10 Å².